The van der Waals surface area contributed by atoms with E-state index < -0.39 is 0 Å². The maximum absolute atomic E-state index is 12.0. The first kappa shape index (κ1) is 15.1. The first-order chi connectivity index (χ1) is 10.8. The van der Waals surface area contributed by atoms with Gasteiger partial charge < -0.3 is 14.5 Å². The molecule has 1 aliphatic rings. The molecule has 0 spiro atoms. The SMILES string of the molecule is O=C(NCCCOC1CCCCC1)c1cc2ccccc2o1. The molecule has 0 atom stereocenters. The number of hydrogen-bond acceptors (Lipinski definition) is 3. The molecule has 118 valence electrons. The molecule has 22 heavy (non-hydrogen) atoms. The molecule has 2 aromatic rings. The van der Waals surface area contributed by atoms with Gasteiger partial charge in [0, 0.05) is 18.5 Å². The Morgan fingerprint density at radius 1 is 1.23 bits per heavy atom. The second kappa shape index (κ2) is 7.45. The number of benzene rings is 1. The average molecular weight is 301 g/mol. The van der Waals surface area contributed by atoms with Gasteiger partial charge in [0.2, 0.25) is 0 Å². The highest BCUT2D eigenvalue weighted by atomic mass is 16.5. The number of hydrogen-bond donors (Lipinski definition) is 1. The molecule has 0 unspecified atom stereocenters. The second-order valence-electron chi connectivity index (χ2n) is 5.89. The molecule has 3 rings (SSSR count). The molecule has 1 aromatic carbocycles. The van der Waals surface area contributed by atoms with Crippen LogP contribution in [0.4, 0.5) is 0 Å². The predicted octanol–water partition coefficient (Wildman–Crippen LogP) is 3.90. The van der Waals surface area contributed by atoms with E-state index in [4.69, 9.17) is 9.15 Å². The Morgan fingerprint density at radius 3 is 2.86 bits per heavy atom. The van der Waals surface area contributed by atoms with Gasteiger partial charge in [0.25, 0.3) is 5.91 Å². The fraction of sp³-hybridized carbons (Fsp3) is 0.500. The van der Waals surface area contributed by atoms with Crippen LogP contribution in [0.2, 0.25) is 0 Å². The normalized spacial score (nSPS) is 16.0. The summed E-state index contributed by atoms with van der Waals surface area (Å²) >= 11 is 0. The smallest absolute Gasteiger partial charge is 0.287 e. The van der Waals surface area contributed by atoms with Crippen LogP contribution in [0.1, 0.15) is 49.1 Å². The quantitative estimate of drug-likeness (QED) is 0.823. The van der Waals surface area contributed by atoms with E-state index in [1.165, 1.54) is 32.1 Å². The Bertz CT molecular complexity index is 581. The maximum Gasteiger partial charge on any atom is 0.287 e. The molecule has 0 saturated heterocycles. The highest BCUT2D eigenvalue weighted by molar-refractivity contribution is 5.95. The minimum absolute atomic E-state index is 0.158. The molecule has 1 N–H and O–H groups in total. The number of furan rings is 1. The largest absolute Gasteiger partial charge is 0.451 e. The van der Waals surface area contributed by atoms with E-state index in [0.29, 0.717) is 25.0 Å². The molecule has 1 amide bonds. The number of nitrogens with one attached hydrogen (secondary N) is 1. The molecule has 0 bridgehead atoms. The van der Waals surface area contributed by atoms with Crippen LogP contribution in [0.5, 0.6) is 0 Å². The van der Waals surface area contributed by atoms with Crippen LogP contribution in [-0.4, -0.2) is 25.2 Å². The zero-order valence-electron chi connectivity index (χ0n) is 12.8. The fourth-order valence-corrected chi connectivity index (χ4v) is 2.94. The first-order valence-corrected chi connectivity index (χ1v) is 8.21. The Morgan fingerprint density at radius 2 is 2.05 bits per heavy atom. The van der Waals surface area contributed by atoms with Gasteiger partial charge in [-0.15, -0.1) is 0 Å². The summed E-state index contributed by atoms with van der Waals surface area (Å²) in [6.45, 7) is 1.33. The monoisotopic (exact) mass is 301 g/mol. The van der Waals surface area contributed by atoms with Crippen LogP contribution in [-0.2, 0) is 4.74 Å². The lowest BCUT2D eigenvalue weighted by molar-refractivity contribution is 0.0273. The molecule has 4 heteroatoms. The summed E-state index contributed by atoms with van der Waals surface area (Å²) in [4.78, 5) is 12.0. The standard InChI is InChI=1S/C18H23NO3/c20-18(17-13-14-7-4-5-10-16(14)22-17)19-11-6-12-21-15-8-2-1-3-9-15/h4-5,7,10,13,15H,1-3,6,8-9,11-12H2,(H,19,20). The number of fused-ring (bicyclic) bond motifs is 1. The topological polar surface area (TPSA) is 51.5 Å². The number of rotatable bonds is 6. The van der Waals surface area contributed by atoms with Crippen molar-refractivity contribution in [2.45, 2.75) is 44.6 Å². The number of ether oxygens (including phenoxy) is 1. The lowest BCUT2D eigenvalue weighted by Gasteiger charge is -2.21. The van der Waals surface area contributed by atoms with Gasteiger partial charge in [-0.25, -0.2) is 0 Å². The zero-order valence-corrected chi connectivity index (χ0v) is 12.8. The van der Waals surface area contributed by atoms with Gasteiger partial charge in [-0.1, -0.05) is 37.5 Å². The van der Waals surface area contributed by atoms with Gasteiger partial charge in [0.1, 0.15) is 5.58 Å². The molecule has 0 radical (unpaired) electrons. The highest BCUT2D eigenvalue weighted by Crippen LogP contribution is 2.20. The summed E-state index contributed by atoms with van der Waals surface area (Å²) in [5.74, 6) is 0.211. The lowest BCUT2D eigenvalue weighted by Crippen LogP contribution is -2.25. The van der Waals surface area contributed by atoms with Crippen LogP contribution < -0.4 is 5.32 Å². The highest BCUT2D eigenvalue weighted by Gasteiger charge is 2.14. The number of carbonyl (C=O) groups is 1. The molecular weight excluding hydrogens is 278 g/mol. The number of carbonyl (C=O) groups excluding carboxylic acids is 1. The molecule has 1 heterocycles. The van der Waals surface area contributed by atoms with Gasteiger partial charge in [-0.2, -0.15) is 0 Å². The van der Waals surface area contributed by atoms with Gasteiger partial charge in [-0.3, -0.25) is 4.79 Å². The molecule has 1 aliphatic carbocycles. The van der Waals surface area contributed by atoms with Crippen molar-refractivity contribution < 1.29 is 13.9 Å². The van der Waals surface area contributed by atoms with Crippen LogP contribution in [0, 0.1) is 0 Å². The van der Waals surface area contributed by atoms with E-state index in [-0.39, 0.29) is 5.91 Å². The zero-order chi connectivity index (χ0) is 15.2. The third kappa shape index (κ3) is 3.89. The van der Waals surface area contributed by atoms with E-state index >= 15 is 0 Å². The Kier molecular flexibility index (Phi) is 5.11. The van der Waals surface area contributed by atoms with E-state index in [0.717, 1.165) is 17.4 Å². The van der Waals surface area contributed by atoms with Crippen LogP contribution in [0.25, 0.3) is 11.0 Å². The van der Waals surface area contributed by atoms with E-state index in [1.54, 1.807) is 6.07 Å². The summed E-state index contributed by atoms with van der Waals surface area (Å²) in [6, 6.07) is 9.42. The predicted molar refractivity (Wildman–Crippen MR) is 86.0 cm³/mol. The molecule has 0 aliphatic heterocycles. The summed E-state index contributed by atoms with van der Waals surface area (Å²) in [6.07, 6.45) is 7.55. The van der Waals surface area contributed by atoms with Crippen molar-refractivity contribution in [3.63, 3.8) is 0 Å². The Labute approximate surface area is 130 Å². The molecule has 1 fully saturated rings. The molecular formula is C18H23NO3. The van der Waals surface area contributed by atoms with Crippen molar-refractivity contribution in [2.24, 2.45) is 0 Å². The van der Waals surface area contributed by atoms with Gasteiger partial charge in [0.05, 0.1) is 6.10 Å². The minimum Gasteiger partial charge on any atom is -0.451 e. The number of amides is 1. The van der Waals surface area contributed by atoms with Crippen molar-refractivity contribution in [2.75, 3.05) is 13.2 Å². The third-order valence-electron chi connectivity index (χ3n) is 4.16. The van der Waals surface area contributed by atoms with Crippen LogP contribution in [0.3, 0.4) is 0 Å². The molecule has 1 aromatic heterocycles. The number of para-hydroxylation sites is 1. The summed E-state index contributed by atoms with van der Waals surface area (Å²) in [5.41, 5.74) is 0.744. The summed E-state index contributed by atoms with van der Waals surface area (Å²) in [5, 5.41) is 3.84. The van der Waals surface area contributed by atoms with Crippen molar-refractivity contribution in [3.8, 4) is 0 Å². The van der Waals surface area contributed by atoms with Crippen molar-refractivity contribution in [1.29, 1.82) is 0 Å². The van der Waals surface area contributed by atoms with Crippen molar-refractivity contribution in [1.82, 2.24) is 5.32 Å². The third-order valence-corrected chi connectivity index (χ3v) is 4.16. The minimum atomic E-state index is -0.158. The molecule has 4 nitrogen and oxygen atoms in total. The fourth-order valence-electron chi connectivity index (χ4n) is 2.94. The van der Waals surface area contributed by atoms with Crippen molar-refractivity contribution >= 4 is 16.9 Å². The summed E-state index contributed by atoms with van der Waals surface area (Å²) in [7, 11) is 0. The Hall–Kier alpha value is -1.81. The average Bonchev–Trinajstić information content (AvgIpc) is 2.99. The first-order valence-electron chi connectivity index (χ1n) is 8.21. The van der Waals surface area contributed by atoms with E-state index in [9.17, 15) is 4.79 Å². The maximum atomic E-state index is 12.0. The van der Waals surface area contributed by atoms with E-state index in [2.05, 4.69) is 5.32 Å². The van der Waals surface area contributed by atoms with Crippen LogP contribution >= 0.6 is 0 Å². The molecule has 1 saturated carbocycles. The van der Waals surface area contributed by atoms with Crippen molar-refractivity contribution in [3.05, 3.63) is 36.1 Å². The van der Waals surface area contributed by atoms with Crippen LogP contribution in [0.15, 0.2) is 34.7 Å². The second-order valence-corrected chi connectivity index (χ2v) is 5.89. The van der Waals surface area contributed by atoms with Gasteiger partial charge in [-0.05, 0) is 31.4 Å². The van der Waals surface area contributed by atoms with Gasteiger partial charge >= 0.3 is 0 Å². The van der Waals surface area contributed by atoms with E-state index in [1.807, 2.05) is 24.3 Å². The van der Waals surface area contributed by atoms with Gasteiger partial charge in [0.15, 0.2) is 5.76 Å². The lowest BCUT2D eigenvalue weighted by atomic mass is 9.98. The summed E-state index contributed by atoms with van der Waals surface area (Å²) < 4.78 is 11.4. The Balaban J connectivity index is 1.38.